The maximum absolute atomic E-state index is 13.0. The average molecular weight is 350 g/mol. The number of aryl methyl sites for hydroxylation is 1. The molecule has 0 radical (unpaired) electrons. The van der Waals surface area contributed by atoms with E-state index in [0.29, 0.717) is 18.7 Å². The van der Waals surface area contributed by atoms with Crippen LogP contribution in [0, 0.1) is 0 Å². The topological polar surface area (TPSA) is 49.9 Å². The number of nitrogens with zero attached hydrogens (tertiary/aromatic N) is 2. The third-order valence-electron chi connectivity index (χ3n) is 5.06. The van der Waals surface area contributed by atoms with Crippen molar-refractivity contribution in [2.24, 2.45) is 0 Å². The maximum Gasteiger partial charge on any atom is 0.246 e. The third kappa shape index (κ3) is 3.05. The predicted octanol–water partition coefficient (Wildman–Crippen LogP) is 3.07. The molecule has 0 saturated carbocycles. The fourth-order valence-corrected chi connectivity index (χ4v) is 3.70. The lowest BCUT2D eigenvalue weighted by atomic mass is 10.0. The van der Waals surface area contributed by atoms with E-state index in [1.54, 1.807) is 13.0 Å². The lowest BCUT2D eigenvalue weighted by Gasteiger charge is -2.35. The lowest BCUT2D eigenvalue weighted by molar-refractivity contribution is -0.117. The van der Waals surface area contributed by atoms with Gasteiger partial charge in [0.1, 0.15) is 12.4 Å². The third-order valence-corrected chi connectivity index (χ3v) is 5.06. The number of ketones is 1. The van der Waals surface area contributed by atoms with Gasteiger partial charge in [-0.15, -0.1) is 0 Å². The van der Waals surface area contributed by atoms with Crippen LogP contribution in [0.2, 0.25) is 0 Å². The average Bonchev–Trinajstić information content (AvgIpc) is 2.67. The number of hydrogen-bond donors (Lipinski definition) is 0. The first-order chi connectivity index (χ1) is 12.6. The Balaban J connectivity index is 1.58. The molecular weight excluding hydrogens is 328 g/mol. The van der Waals surface area contributed by atoms with Crippen LogP contribution in [0.1, 0.15) is 29.3 Å². The van der Waals surface area contributed by atoms with Crippen molar-refractivity contribution < 1.29 is 14.3 Å². The van der Waals surface area contributed by atoms with Crippen molar-refractivity contribution in [3.63, 3.8) is 0 Å². The normalized spacial score (nSPS) is 15.7. The van der Waals surface area contributed by atoms with Gasteiger partial charge in [-0.2, -0.15) is 0 Å². The highest BCUT2D eigenvalue weighted by atomic mass is 16.5. The molecule has 2 aromatic carbocycles. The summed E-state index contributed by atoms with van der Waals surface area (Å²) in [5.41, 5.74) is 3.71. The summed E-state index contributed by atoms with van der Waals surface area (Å²) >= 11 is 0. The molecule has 2 heterocycles. The summed E-state index contributed by atoms with van der Waals surface area (Å²) in [5.74, 6) is 0.820. The molecule has 0 atom stereocenters. The van der Waals surface area contributed by atoms with Crippen molar-refractivity contribution in [1.82, 2.24) is 0 Å². The summed E-state index contributed by atoms with van der Waals surface area (Å²) in [6, 6.07) is 13.5. The minimum absolute atomic E-state index is 0.00890. The number of hydrogen-bond acceptors (Lipinski definition) is 4. The molecule has 0 N–H and O–H groups in total. The van der Waals surface area contributed by atoms with Gasteiger partial charge in [0, 0.05) is 17.8 Å². The van der Waals surface area contributed by atoms with Crippen LogP contribution in [0.5, 0.6) is 5.75 Å². The minimum atomic E-state index is 0.00890. The Morgan fingerprint density at radius 3 is 2.77 bits per heavy atom. The Labute approximate surface area is 153 Å². The molecule has 2 aliphatic heterocycles. The summed E-state index contributed by atoms with van der Waals surface area (Å²) in [6.07, 6.45) is 2.00. The van der Waals surface area contributed by atoms with Crippen LogP contribution in [0.25, 0.3) is 0 Å². The van der Waals surface area contributed by atoms with Gasteiger partial charge in [0.2, 0.25) is 5.91 Å². The van der Waals surface area contributed by atoms with E-state index in [4.69, 9.17) is 4.74 Å². The van der Waals surface area contributed by atoms with Gasteiger partial charge >= 0.3 is 0 Å². The SMILES string of the molecule is CC(=O)c1ccc2c(c1)N(CC(=O)N1CCCc3ccccc31)CCO2. The van der Waals surface area contributed by atoms with Crippen LogP contribution in [-0.2, 0) is 11.2 Å². The molecule has 0 fully saturated rings. The van der Waals surface area contributed by atoms with Crippen LogP contribution in [0.4, 0.5) is 11.4 Å². The summed E-state index contributed by atoms with van der Waals surface area (Å²) in [6.45, 7) is 3.75. The largest absolute Gasteiger partial charge is 0.490 e. The molecule has 5 nitrogen and oxygen atoms in total. The van der Waals surface area contributed by atoms with E-state index in [0.717, 1.165) is 36.5 Å². The zero-order valence-electron chi connectivity index (χ0n) is 14.9. The van der Waals surface area contributed by atoms with Gasteiger partial charge < -0.3 is 14.5 Å². The Morgan fingerprint density at radius 1 is 1.08 bits per heavy atom. The molecule has 0 unspecified atom stereocenters. The van der Waals surface area contributed by atoms with Crippen molar-refractivity contribution in [1.29, 1.82) is 0 Å². The number of para-hydroxylation sites is 1. The smallest absolute Gasteiger partial charge is 0.246 e. The number of carbonyl (C=O) groups excluding carboxylic acids is 2. The van der Waals surface area contributed by atoms with Gasteiger partial charge in [0.15, 0.2) is 5.78 Å². The first-order valence-corrected chi connectivity index (χ1v) is 9.04. The number of amides is 1. The van der Waals surface area contributed by atoms with Gasteiger partial charge in [-0.25, -0.2) is 0 Å². The molecule has 5 heteroatoms. The van der Waals surface area contributed by atoms with Gasteiger partial charge in [-0.3, -0.25) is 9.59 Å². The highest BCUT2D eigenvalue weighted by Crippen LogP contribution is 2.33. The summed E-state index contributed by atoms with van der Waals surface area (Å²) in [5, 5.41) is 0. The van der Waals surface area contributed by atoms with Crippen LogP contribution >= 0.6 is 0 Å². The molecular formula is C21H22N2O3. The number of ether oxygens (including phenoxy) is 1. The highest BCUT2D eigenvalue weighted by molar-refractivity contribution is 5.99. The number of Topliss-reactive ketones (excluding diaryl/α,β-unsaturated/α-hetero) is 1. The molecule has 2 aliphatic rings. The number of fused-ring (bicyclic) bond motifs is 2. The maximum atomic E-state index is 13.0. The molecule has 0 aromatic heterocycles. The zero-order valence-corrected chi connectivity index (χ0v) is 14.9. The van der Waals surface area contributed by atoms with Crippen molar-refractivity contribution in [3.05, 3.63) is 53.6 Å². The Hall–Kier alpha value is -2.82. The monoisotopic (exact) mass is 350 g/mol. The predicted molar refractivity (Wildman–Crippen MR) is 101 cm³/mol. The minimum Gasteiger partial charge on any atom is -0.490 e. The lowest BCUT2D eigenvalue weighted by Crippen LogP contribution is -2.45. The standard InChI is InChI=1S/C21H22N2O3/c1-15(24)17-8-9-20-19(13-17)22(11-12-26-20)14-21(25)23-10-4-6-16-5-2-3-7-18(16)23/h2-3,5,7-9,13H,4,6,10-12,14H2,1H3. The van der Waals surface area contributed by atoms with Crippen molar-refractivity contribution in [2.45, 2.75) is 19.8 Å². The Morgan fingerprint density at radius 2 is 1.92 bits per heavy atom. The van der Waals surface area contributed by atoms with E-state index in [1.807, 2.05) is 40.1 Å². The molecule has 2 aromatic rings. The number of rotatable bonds is 3. The van der Waals surface area contributed by atoms with E-state index < -0.39 is 0 Å². The quantitative estimate of drug-likeness (QED) is 0.799. The van der Waals surface area contributed by atoms with Gasteiger partial charge in [-0.1, -0.05) is 18.2 Å². The van der Waals surface area contributed by atoms with Crippen molar-refractivity contribution in [3.8, 4) is 5.75 Å². The second-order valence-corrected chi connectivity index (χ2v) is 6.79. The summed E-state index contributed by atoms with van der Waals surface area (Å²) < 4.78 is 5.69. The molecule has 4 rings (SSSR count). The molecule has 0 bridgehead atoms. The summed E-state index contributed by atoms with van der Waals surface area (Å²) in [7, 11) is 0. The molecule has 26 heavy (non-hydrogen) atoms. The van der Waals surface area contributed by atoms with Crippen LogP contribution < -0.4 is 14.5 Å². The van der Waals surface area contributed by atoms with E-state index >= 15 is 0 Å². The van der Waals surface area contributed by atoms with Crippen LogP contribution in [0.3, 0.4) is 0 Å². The molecule has 0 spiro atoms. The van der Waals surface area contributed by atoms with E-state index in [9.17, 15) is 9.59 Å². The second kappa shape index (κ2) is 6.83. The molecule has 134 valence electrons. The van der Waals surface area contributed by atoms with Gasteiger partial charge in [0.05, 0.1) is 18.8 Å². The first kappa shape index (κ1) is 16.6. The van der Waals surface area contributed by atoms with E-state index in [2.05, 4.69) is 6.07 Å². The van der Waals surface area contributed by atoms with E-state index in [-0.39, 0.29) is 18.2 Å². The zero-order chi connectivity index (χ0) is 18.1. The van der Waals surface area contributed by atoms with Crippen molar-refractivity contribution >= 4 is 23.1 Å². The van der Waals surface area contributed by atoms with E-state index in [1.165, 1.54) is 5.56 Å². The van der Waals surface area contributed by atoms with Crippen molar-refractivity contribution in [2.75, 3.05) is 36.0 Å². The van der Waals surface area contributed by atoms with Gasteiger partial charge in [-0.05, 0) is 49.6 Å². The number of anilines is 2. The number of carbonyl (C=O) groups is 2. The molecule has 0 aliphatic carbocycles. The fraction of sp³-hybridized carbons (Fsp3) is 0.333. The van der Waals surface area contributed by atoms with Crippen LogP contribution in [0.15, 0.2) is 42.5 Å². The summed E-state index contributed by atoms with van der Waals surface area (Å²) in [4.78, 5) is 28.7. The Kier molecular flexibility index (Phi) is 4.37. The number of benzene rings is 2. The molecule has 1 amide bonds. The Bertz CT molecular complexity index is 862. The second-order valence-electron chi connectivity index (χ2n) is 6.79. The first-order valence-electron chi connectivity index (χ1n) is 9.04. The fourth-order valence-electron chi connectivity index (χ4n) is 3.70. The van der Waals surface area contributed by atoms with Crippen LogP contribution in [-0.4, -0.2) is 37.9 Å². The molecule has 0 saturated heterocycles. The van der Waals surface area contributed by atoms with Gasteiger partial charge in [0.25, 0.3) is 0 Å². The highest BCUT2D eigenvalue weighted by Gasteiger charge is 2.26.